The summed E-state index contributed by atoms with van der Waals surface area (Å²) >= 11 is 12.1. The van der Waals surface area contributed by atoms with E-state index in [9.17, 15) is 13.6 Å². The van der Waals surface area contributed by atoms with E-state index >= 15 is 0 Å². The number of guanidine groups is 1. The average molecular weight is 486 g/mol. The highest BCUT2D eigenvalue weighted by Gasteiger charge is 2.13. The van der Waals surface area contributed by atoms with Gasteiger partial charge in [0.1, 0.15) is 11.6 Å². The van der Waals surface area contributed by atoms with E-state index in [0.29, 0.717) is 27.0 Å². The lowest BCUT2D eigenvalue weighted by Gasteiger charge is -2.12. The van der Waals surface area contributed by atoms with Gasteiger partial charge in [-0.05, 0) is 66.2 Å². The Labute approximate surface area is 197 Å². The van der Waals surface area contributed by atoms with Crippen molar-refractivity contribution in [1.82, 2.24) is 15.5 Å². The number of nitrogens with zero attached hydrogens (tertiary/aromatic N) is 2. The number of amides is 1. The fraction of sp³-hybridized carbons (Fsp3) is 0. The minimum absolute atomic E-state index is 0.000231. The zero-order valence-electron chi connectivity index (χ0n) is 16.7. The summed E-state index contributed by atoms with van der Waals surface area (Å²) in [6.45, 7) is 0. The predicted octanol–water partition coefficient (Wildman–Crippen LogP) is 6.19. The third-order valence-electron chi connectivity index (χ3n) is 4.39. The van der Waals surface area contributed by atoms with Crippen molar-refractivity contribution in [3.8, 4) is 11.3 Å². The van der Waals surface area contributed by atoms with Gasteiger partial charge in [0.05, 0.1) is 5.69 Å². The Balaban J connectivity index is 1.65. The Kier molecular flexibility index (Phi) is 6.67. The molecule has 4 aromatic rings. The van der Waals surface area contributed by atoms with Gasteiger partial charge in [-0.1, -0.05) is 29.3 Å². The molecule has 0 unspecified atom stereocenters. The lowest BCUT2D eigenvalue weighted by Crippen LogP contribution is -2.35. The fourth-order valence-corrected chi connectivity index (χ4v) is 3.45. The van der Waals surface area contributed by atoms with Crippen LogP contribution in [0.4, 0.5) is 20.3 Å². The van der Waals surface area contributed by atoms with Gasteiger partial charge in [-0.15, -0.1) is 0 Å². The molecule has 0 spiro atoms. The highest BCUT2D eigenvalue weighted by molar-refractivity contribution is 6.35. The molecular formula is C23H15Cl2F2N5O. The van der Waals surface area contributed by atoms with Gasteiger partial charge < -0.3 is 5.32 Å². The first-order valence-electron chi connectivity index (χ1n) is 9.56. The number of aliphatic imine (C=N–C) groups is 1. The molecule has 0 radical (unpaired) electrons. The van der Waals surface area contributed by atoms with Crippen molar-refractivity contribution in [2.45, 2.75) is 0 Å². The van der Waals surface area contributed by atoms with Crippen LogP contribution in [-0.2, 0) is 0 Å². The number of benzene rings is 3. The van der Waals surface area contributed by atoms with Gasteiger partial charge in [0.25, 0.3) is 5.91 Å². The molecule has 3 aromatic carbocycles. The van der Waals surface area contributed by atoms with Crippen molar-refractivity contribution in [3.05, 3.63) is 100 Å². The van der Waals surface area contributed by atoms with Crippen molar-refractivity contribution in [3.63, 3.8) is 0 Å². The summed E-state index contributed by atoms with van der Waals surface area (Å²) < 4.78 is 26.7. The molecular weight excluding hydrogens is 471 g/mol. The van der Waals surface area contributed by atoms with Crippen LogP contribution in [0.2, 0.25) is 10.0 Å². The number of aromatic nitrogens is 2. The Hall–Kier alpha value is -3.75. The number of nitrogens with one attached hydrogen (secondary N) is 3. The Morgan fingerprint density at radius 3 is 2.33 bits per heavy atom. The third kappa shape index (κ3) is 5.94. The zero-order valence-corrected chi connectivity index (χ0v) is 18.3. The van der Waals surface area contributed by atoms with E-state index in [2.05, 4.69) is 25.8 Å². The number of rotatable bonds is 4. The number of carbonyl (C=O) groups is 1. The van der Waals surface area contributed by atoms with Gasteiger partial charge in [0.2, 0.25) is 5.96 Å². The van der Waals surface area contributed by atoms with Crippen LogP contribution in [0, 0.1) is 11.6 Å². The molecule has 6 nitrogen and oxygen atoms in total. The van der Waals surface area contributed by atoms with Crippen LogP contribution < -0.4 is 10.6 Å². The molecule has 1 amide bonds. The average Bonchev–Trinajstić information content (AvgIpc) is 3.22. The molecule has 33 heavy (non-hydrogen) atoms. The van der Waals surface area contributed by atoms with Gasteiger partial charge in [0, 0.05) is 27.4 Å². The zero-order chi connectivity index (χ0) is 23.4. The quantitative estimate of drug-likeness (QED) is 0.238. The standard InChI is InChI=1S/C23H15Cl2F2N5O/c24-15-9-16(25)11-19(10-15)28-23(30-22(33)14-2-1-3-18(27)8-14)29-21-12-20(31-32-21)13-4-6-17(26)7-5-13/h1-12H,(H3,28,29,30,31,32,33). The molecule has 166 valence electrons. The monoisotopic (exact) mass is 485 g/mol. The van der Waals surface area contributed by atoms with E-state index in [1.807, 2.05) is 0 Å². The molecule has 0 aliphatic rings. The fourth-order valence-electron chi connectivity index (χ4n) is 2.92. The second-order valence-corrected chi connectivity index (χ2v) is 7.73. The number of hydrogen-bond donors (Lipinski definition) is 3. The molecule has 1 heterocycles. The van der Waals surface area contributed by atoms with Gasteiger partial charge in [0.15, 0.2) is 5.82 Å². The number of aromatic amines is 1. The van der Waals surface area contributed by atoms with Crippen molar-refractivity contribution in [2.24, 2.45) is 4.99 Å². The van der Waals surface area contributed by atoms with E-state index in [0.717, 1.165) is 6.07 Å². The first-order chi connectivity index (χ1) is 15.9. The number of anilines is 1. The summed E-state index contributed by atoms with van der Waals surface area (Å²) in [4.78, 5) is 17.0. The van der Waals surface area contributed by atoms with Crippen LogP contribution in [0.5, 0.6) is 0 Å². The molecule has 0 fully saturated rings. The SMILES string of the molecule is O=C(NC(=Nc1cc(-c2ccc(F)cc2)[nH]n1)Nc1cc(Cl)cc(Cl)c1)c1cccc(F)c1. The van der Waals surface area contributed by atoms with Crippen LogP contribution in [0.25, 0.3) is 11.3 Å². The van der Waals surface area contributed by atoms with Crippen LogP contribution in [0.15, 0.2) is 77.8 Å². The first-order valence-corrected chi connectivity index (χ1v) is 10.3. The Bertz CT molecular complexity index is 1320. The van der Waals surface area contributed by atoms with Crippen LogP contribution in [-0.4, -0.2) is 22.1 Å². The summed E-state index contributed by atoms with van der Waals surface area (Å²) in [6.07, 6.45) is 0. The van der Waals surface area contributed by atoms with Crippen molar-refractivity contribution >= 4 is 46.6 Å². The van der Waals surface area contributed by atoms with Crippen LogP contribution >= 0.6 is 23.2 Å². The number of halogens is 4. The van der Waals surface area contributed by atoms with Crippen molar-refractivity contribution in [2.75, 3.05) is 5.32 Å². The Morgan fingerprint density at radius 1 is 0.909 bits per heavy atom. The van der Waals surface area contributed by atoms with Crippen molar-refractivity contribution in [1.29, 1.82) is 0 Å². The highest BCUT2D eigenvalue weighted by Crippen LogP contribution is 2.24. The molecule has 0 bridgehead atoms. The maximum absolute atomic E-state index is 13.5. The number of H-pyrrole nitrogens is 1. The molecule has 0 atom stereocenters. The van der Waals surface area contributed by atoms with E-state index in [1.165, 1.54) is 30.3 Å². The Morgan fingerprint density at radius 2 is 1.64 bits per heavy atom. The van der Waals surface area contributed by atoms with Gasteiger partial charge in [-0.2, -0.15) is 10.1 Å². The van der Waals surface area contributed by atoms with Gasteiger partial charge in [-0.25, -0.2) is 8.78 Å². The summed E-state index contributed by atoms with van der Waals surface area (Å²) in [6, 6.07) is 17.4. The first kappa shape index (κ1) is 22.4. The summed E-state index contributed by atoms with van der Waals surface area (Å²) in [5.41, 5.74) is 1.85. The third-order valence-corrected chi connectivity index (χ3v) is 4.83. The molecule has 0 saturated carbocycles. The summed E-state index contributed by atoms with van der Waals surface area (Å²) in [7, 11) is 0. The minimum atomic E-state index is -0.594. The van der Waals surface area contributed by atoms with E-state index in [4.69, 9.17) is 23.2 Å². The molecule has 1 aromatic heterocycles. The molecule has 0 saturated heterocycles. The molecule has 0 aliphatic heterocycles. The summed E-state index contributed by atoms with van der Waals surface area (Å²) in [5, 5.41) is 13.2. The second-order valence-electron chi connectivity index (χ2n) is 6.85. The minimum Gasteiger partial charge on any atom is -0.326 e. The molecule has 0 aliphatic carbocycles. The normalized spacial score (nSPS) is 11.3. The number of carbonyl (C=O) groups excluding carboxylic acids is 1. The maximum Gasteiger partial charge on any atom is 0.258 e. The largest absolute Gasteiger partial charge is 0.326 e. The lowest BCUT2D eigenvalue weighted by molar-refractivity contribution is 0.0976. The van der Waals surface area contributed by atoms with Crippen molar-refractivity contribution < 1.29 is 13.6 Å². The van der Waals surface area contributed by atoms with Crippen LogP contribution in [0.1, 0.15) is 10.4 Å². The molecule has 3 N–H and O–H groups in total. The van der Waals surface area contributed by atoms with E-state index < -0.39 is 11.7 Å². The van der Waals surface area contributed by atoms with Gasteiger partial charge in [-0.3, -0.25) is 15.2 Å². The molecule has 4 rings (SSSR count). The number of hydrogen-bond acceptors (Lipinski definition) is 3. The van der Waals surface area contributed by atoms with Gasteiger partial charge >= 0.3 is 0 Å². The van der Waals surface area contributed by atoms with Crippen LogP contribution in [0.3, 0.4) is 0 Å². The van der Waals surface area contributed by atoms with E-state index in [-0.39, 0.29) is 23.2 Å². The second kappa shape index (κ2) is 9.81. The summed E-state index contributed by atoms with van der Waals surface area (Å²) in [5.74, 6) is -1.28. The predicted molar refractivity (Wildman–Crippen MR) is 125 cm³/mol. The topological polar surface area (TPSA) is 82.2 Å². The van der Waals surface area contributed by atoms with E-state index in [1.54, 1.807) is 36.4 Å². The lowest BCUT2D eigenvalue weighted by atomic mass is 10.1. The smallest absolute Gasteiger partial charge is 0.258 e. The maximum atomic E-state index is 13.5. The molecule has 10 heteroatoms. The highest BCUT2D eigenvalue weighted by atomic mass is 35.5.